The number of rotatable bonds is 3. The molecule has 0 unspecified atom stereocenters. The fourth-order valence-corrected chi connectivity index (χ4v) is 2.67. The third kappa shape index (κ3) is 5.91. The second-order valence-corrected chi connectivity index (χ2v) is 7.43. The molecule has 7 heteroatoms. The number of hydrogen-bond donors (Lipinski definition) is 0. The minimum Gasteiger partial charge on any atom is -0.444 e. The van der Waals surface area contributed by atoms with Crippen molar-refractivity contribution in [3.8, 4) is 0 Å². The third-order valence-corrected chi connectivity index (χ3v) is 3.99. The number of ether oxygens (including phenoxy) is 1. The highest BCUT2D eigenvalue weighted by Crippen LogP contribution is 2.16. The van der Waals surface area contributed by atoms with Crippen LogP contribution in [0.5, 0.6) is 0 Å². The van der Waals surface area contributed by atoms with Gasteiger partial charge in [-0.25, -0.2) is 9.18 Å². The van der Waals surface area contributed by atoms with E-state index in [1.54, 1.807) is 31.7 Å². The quantitative estimate of drug-likeness (QED) is 0.462. The average molecular weight is 376 g/mol. The van der Waals surface area contributed by atoms with Crippen LogP contribution in [0.15, 0.2) is 29.8 Å². The number of nitrogens with zero attached hydrogens (tertiary/aromatic N) is 2. The summed E-state index contributed by atoms with van der Waals surface area (Å²) in [6.07, 6.45) is 0.977. The number of halogens is 1. The minimum atomic E-state index is -0.584. The Bertz CT molecular complexity index is 759. The largest absolute Gasteiger partial charge is 0.444 e. The zero-order valence-electron chi connectivity index (χ0n) is 16.1. The van der Waals surface area contributed by atoms with E-state index in [0.29, 0.717) is 31.7 Å². The van der Waals surface area contributed by atoms with Gasteiger partial charge in [-0.2, -0.15) is 0 Å². The van der Waals surface area contributed by atoms with Crippen molar-refractivity contribution in [1.29, 1.82) is 0 Å². The highest BCUT2D eigenvalue weighted by atomic mass is 19.1. The van der Waals surface area contributed by atoms with Crippen molar-refractivity contribution in [2.45, 2.75) is 33.3 Å². The fraction of sp³-hybridized carbons (Fsp3) is 0.450. The average Bonchev–Trinajstić information content (AvgIpc) is 2.57. The number of benzene rings is 1. The Hall–Kier alpha value is -2.70. The van der Waals surface area contributed by atoms with Gasteiger partial charge >= 0.3 is 6.09 Å². The molecule has 1 aliphatic heterocycles. The fourth-order valence-electron chi connectivity index (χ4n) is 2.67. The van der Waals surface area contributed by atoms with Crippen molar-refractivity contribution in [3.63, 3.8) is 0 Å². The molecule has 0 spiro atoms. The Labute approximate surface area is 158 Å². The molecular weight excluding hydrogens is 351 g/mol. The van der Waals surface area contributed by atoms with Crippen LogP contribution in [0.3, 0.4) is 0 Å². The van der Waals surface area contributed by atoms with E-state index < -0.39 is 23.4 Å². The summed E-state index contributed by atoms with van der Waals surface area (Å²) >= 11 is 0. The van der Waals surface area contributed by atoms with Gasteiger partial charge in [0.05, 0.1) is 5.57 Å². The summed E-state index contributed by atoms with van der Waals surface area (Å²) in [4.78, 5) is 39.9. The molecule has 0 saturated carbocycles. The first-order valence-corrected chi connectivity index (χ1v) is 8.82. The van der Waals surface area contributed by atoms with Crippen LogP contribution in [0, 0.1) is 5.82 Å². The molecule has 27 heavy (non-hydrogen) atoms. The number of amides is 2. The van der Waals surface area contributed by atoms with Crippen molar-refractivity contribution in [1.82, 2.24) is 9.80 Å². The Morgan fingerprint density at radius 3 is 2.19 bits per heavy atom. The SMILES string of the molecule is CC(=O)/C(=C\c1cccc(F)c1)C(=O)N1CCN(C(=O)OC(C)(C)C)CC1. The highest BCUT2D eigenvalue weighted by molar-refractivity contribution is 6.21. The van der Waals surface area contributed by atoms with Crippen LogP contribution in [0.25, 0.3) is 6.08 Å². The van der Waals surface area contributed by atoms with Crippen molar-refractivity contribution in [3.05, 3.63) is 41.2 Å². The molecule has 1 aromatic carbocycles. The zero-order valence-corrected chi connectivity index (χ0v) is 16.1. The monoisotopic (exact) mass is 376 g/mol. The molecule has 2 amide bonds. The molecule has 2 rings (SSSR count). The molecule has 0 bridgehead atoms. The molecule has 0 radical (unpaired) electrons. The molecule has 0 atom stereocenters. The number of carbonyl (C=O) groups is 3. The summed E-state index contributed by atoms with van der Waals surface area (Å²) in [5, 5.41) is 0. The highest BCUT2D eigenvalue weighted by Gasteiger charge is 2.29. The predicted octanol–water partition coefficient (Wildman–Crippen LogP) is 2.88. The summed E-state index contributed by atoms with van der Waals surface area (Å²) in [7, 11) is 0. The van der Waals surface area contributed by atoms with Gasteiger partial charge in [0.15, 0.2) is 5.78 Å². The lowest BCUT2D eigenvalue weighted by Crippen LogP contribution is -2.52. The molecule has 6 nitrogen and oxygen atoms in total. The number of hydrogen-bond acceptors (Lipinski definition) is 4. The maximum atomic E-state index is 13.4. The number of ketones is 1. The Kier molecular flexibility index (Phi) is 6.36. The van der Waals surface area contributed by atoms with Gasteiger partial charge in [0, 0.05) is 26.2 Å². The van der Waals surface area contributed by atoms with E-state index in [2.05, 4.69) is 0 Å². The van der Waals surface area contributed by atoms with Crippen LogP contribution >= 0.6 is 0 Å². The molecule has 1 heterocycles. The van der Waals surface area contributed by atoms with Crippen LogP contribution in [-0.2, 0) is 14.3 Å². The summed E-state index contributed by atoms with van der Waals surface area (Å²) in [5.74, 6) is -1.25. The van der Waals surface area contributed by atoms with Crippen molar-refractivity contribution in [2.75, 3.05) is 26.2 Å². The van der Waals surface area contributed by atoms with E-state index in [4.69, 9.17) is 4.74 Å². The Morgan fingerprint density at radius 1 is 1.07 bits per heavy atom. The summed E-state index contributed by atoms with van der Waals surface area (Å²) in [6.45, 7) is 7.93. The Balaban J connectivity index is 2.06. The lowest BCUT2D eigenvalue weighted by atomic mass is 10.1. The first-order chi connectivity index (χ1) is 12.6. The molecule has 0 N–H and O–H groups in total. The topological polar surface area (TPSA) is 66.9 Å². The molecule has 146 valence electrons. The number of Topliss-reactive ketones (excluding diaryl/α,β-unsaturated/α-hetero) is 1. The van der Waals surface area contributed by atoms with Gasteiger partial charge in [0.25, 0.3) is 5.91 Å². The van der Waals surface area contributed by atoms with Gasteiger partial charge in [-0.1, -0.05) is 12.1 Å². The summed E-state index contributed by atoms with van der Waals surface area (Å²) in [6, 6.07) is 5.70. The first-order valence-electron chi connectivity index (χ1n) is 8.82. The number of piperazine rings is 1. The van der Waals surface area contributed by atoms with E-state index >= 15 is 0 Å². The van der Waals surface area contributed by atoms with Crippen LogP contribution in [0.2, 0.25) is 0 Å². The standard InChI is InChI=1S/C20H25FN2O4/c1-14(24)17(13-15-6-5-7-16(21)12-15)18(25)22-8-10-23(11-9-22)19(26)27-20(2,3)4/h5-7,12-13H,8-11H2,1-4H3/b17-13+. The van der Waals surface area contributed by atoms with Crippen LogP contribution in [-0.4, -0.2) is 59.4 Å². The molecule has 1 fully saturated rings. The van der Waals surface area contributed by atoms with Crippen LogP contribution in [0.1, 0.15) is 33.3 Å². The third-order valence-electron chi connectivity index (χ3n) is 3.99. The van der Waals surface area contributed by atoms with Crippen LogP contribution in [0.4, 0.5) is 9.18 Å². The first kappa shape index (κ1) is 20.6. The molecular formula is C20H25FN2O4. The normalized spacial score (nSPS) is 15.5. The van der Waals surface area contributed by atoms with E-state index in [-0.39, 0.29) is 11.4 Å². The summed E-state index contributed by atoms with van der Waals surface area (Å²) < 4.78 is 18.7. The van der Waals surface area contributed by atoms with Crippen molar-refractivity contribution >= 4 is 23.9 Å². The van der Waals surface area contributed by atoms with E-state index in [1.165, 1.54) is 36.1 Å². The molecule has 1 saturated heterocycles. The predicted molar refractivity (Wildman–Crippen MR) is 99.4 cm³/mol. The van der Waals surface area contributed by atoms with Gasteiger partial charge in [0.1, 0.15) is 11.4 Å². The van der Waals surface area contributed by atoms with Gasteiger partial charge in [-0.05, 0) is 51.5 Å². The number of carbonyl (C=O) groups excluding carboxylic acids is 3. The van der Waals surface area contributed by atoms with E-state index in [1.807, 2.05) is 0 Å². The van der Waals surface area contributed by atoms with E-state index in [0.717, 1.165) is 0 Å². The summed E-state index contributed by atoms with van der Waals surface area (Å²) in [5.41, 5.74) is -0.147. The van der Waals surface area contributed by atoms with Crippen molar-refractivity contribution < 1.29 is 23.5 Å². The van der Waals surface area contributed by atoms with Crippen molar-refractivity contribution in [2.24, 2.45) is 0 Å². The smallest absolute Gasteiger partial charge is 0.410 e. The maximum absolute atomic E-state index is 13.4. The zero-order chi connectivity index (χ0) is 20.2. The van der Waals surface area contributed by atoms with Gasteiger partial charge in [-0.3, -0.25) is 9.59 Å². The maximum Gasteiger partial charge on any atom is 0.410 e. The molecule has 1 aromatic rings. The second kappa shape index (κ2) is 8.33. The minimum absolute atomic E-state index is 0.00804. The lowest BCUT2D eigenvalue weighted by molar-refractivity contribution is -0.130. The van der Waals surface area contributed by atoms with Gasteiger partial charge < -0.3 is 14.5 Å². The van der Waals surface area contributed by atoms with E-state index in [9.17, 15) is 18.8 Å². The lowest BCUT2D eigenvalue weighted by Gasteiger charge is -2.35. The second-order valence-electron chi connectivity index (χ2n) is 7.43. The van der Waals surface area contributed by atoms with Gasteiger partial charge in [0.2, 0.25) is 0 Å². The Morgan fingerprint density at radius 2 is 1.67 bits per heavy atom. The van der Waals surface area contributed by atoms with Crippen LogP contribution < -0.4 is 0 Å². The molecule has 0 aliphatic carbocycles. The van der Waals surface area contributed by atoms with Gasteiger partial charge in [-0.15, -0.1) is 0 Å². The molecule has 0 aromatic heterocycles. The molecule has 1 aliphatic rings.